The quantitative estimate of drug-likeness (QED) is 0.749. The predicted molar refractivity (Wildman–Crippen MR) is 74.0 cm³/mol. The summed E-state index contributed by atoms with van der Waals surface area (Å²) in [5.41, 5.74) is 6.09. The monoisotopic (exact) mass is 238 g/mol. The Labute approximate surface area is 107 Å². The number of rotatable bonds is 2. The third-order valence-corrected chi connectivity index (χ3v) is 4.98. The molecule has 4 unspecified atom stereocenters. The fourth-order valence-electron chi connectivity index (χ4n) is 3.63. The van der Waals surface area contributed by atoms with Crippen molar-refractivity contribution in [3.8, 4) is 0 Å². The molecule has 1 saturated heterocycles. The Morgan fingerprint density at radius 1 is 1.06 bits per heavy atom. The Hall–Kier alpha value is -0.0800. The summed E-state index contributed by atoms with van der Waals surface area (Å²) in [4.78, 5) is 2.76. The van der Waals surface area contributed by atoms with Crippen molar-refractivity contribution >= 4 is 0 Å². The van der Waals surface area contributed by atoms with Crippen LogP contribution in [0, 0.1) is 11.8 Å². The lowest BCUT2D eigenvalue weighted by molar-refractivity contribution is 0.104. The van der Waals surface area contributed by atoms with E-state index in [1.165, 1.54) is 58.0 Å². The fraction of sp³-hybridized carbons (Fsp3) is 1.00. The summed E-state index contributed by atoms with van der Waals surface area (Å²) < 4.78 is 0. The molecule has 2 aliphatic rings. The maximum Gasteiger partial charge on any atom is 0.00954 e. The average Bonchev–Trinajstić information content (AvgIpc) is 2.54. The minimum atomic E-state index is 0.377. The Kier molecular flexibility index (Phi) is 4.87. The first-order valence-electron chi connectivity index (χ1n) is 7.66. The summed E-state index contributed by atoms with van der Waals surface area (Å²) in [7, 11) is 0. The van der Waals surface area contributed by atoms with E-state index >= 15 is 0 Å². The van der Waals surface area contributed by atoms with E-state index in [2.05, 4.69) is 18.7 Å². The van der Waals surface area contributed by atoms with Gasteiger partial charge in [-0.1, -0.05) is 19.8 Å². The minimum Gasteiger partial charge on any atom is -0.328 e. The second-order valence-electron chi connectivity index (χ2n) is 6.52. The van der Waals surface area contributed by atoms with Crippen LogP contribution >= 0.6 is 0 Å². The Bertz CT molecular complexity index is 227. The van der Waals surface area contributed by atoms with Crippen molar-refractivity contribution in [1.29, 1.82) is 0 Å². The van der Waals surface area contributed by atoms with E-state index in [9.17, 15) is 0 Å². The lowest BCUT2D eigenvalue weighted by Crippen LogP contribution is -2.46. The van der Waals surface area contributed by atoms with Gasteiger partial charge in [0.15, 0.2) is 0 Å². The maximum absolute atomic E-state index is 6.09. The molecule has 1 heterocycles. The van der Waals surface area contributed by atoms with E-state index in [0.29, 0.717) is 6.04 Å². The van der Waals surface area contributed by atoms with Gasteiger partial charge in [-0.05, 0) is 57.4 Å². The van der Waals surface area contributed by atoms with Crippen LogP contribution in [0.1, 0.15) is 58.8 Å². The molecule has 0 bridgehead atoms. The van der Waals surface area contributed by atoms with Gasteiger partial charge in [0.1, 0.15) is 0 Å². The van der Waals surface area contributed by atoms with E-state index in [0.717, 1.165) is 17.9 Å². The molecular formula is C15H30N2. The normalized spacial score (nSPS) is 38.6. The molecule has 0 aromatic carbocycles. The third kappa shape index (κ3) is 3.69. The van der Waals surface area contributed by atoms with Crippen molar-refractivity contribution in [3.05, 3.63) is 0 Å². The highest BCUT2D eigenvalue weighted by atomic mass is 15.2. The molecule has 2 N–H and O–H groups in total. The molecule has 2 nitrogen and oxygen atoms in total. The highest BCUT2D eigenvalue weighted by Crippen LogP contribution is 2.29. The van der Waals surface area contributed by atoms with Crippen LogP contribution in [-0.2, 0) is 0 Å². The summed E-state index contributed by atoms with van der Waals surface area (Å²) in [6.07, 6.45) is 9.87. The largest absolute Gasteiger partial charge is 0.328 e. The van der Waals surface area contributed by atoms with Gasteiger partial charge in [0, 0.05) is 18.6 Å². The summed E-state index contributed by atoms with van der Waals surface area (Å²) in [5, 5.41) is 0. The van der Waals surface area contributed by atoms with Gasteiger partial charge in [-0.3, -0.25) is 0 Å². The molecule has 0 spiro atoms. The van der Waals surface area contributed by atoms with Crippen molar-refractivity contribution in [2.75, 3.05) is 13.1 Å². The first-order chi connectivity index (χ1) is 8.16. The average molecular weight is 238 g/mol. The number of hydrogen-bond acceptors (Lipinski definition) is 2. The molecule has 4 atom stereocenters. The SMILES string of the molecule is CC1CCCC(N2CCCC(C(C)N)C2)CC1. The summed E-state index contributed by atoms with van der Waals surface area (Å²) in [6, 6.07) is 1.24. The molecule has 0 aromatic rings. The molecule has 2 rings (SSSR count). The van der Waals surface area contributed by atoms with E-state index in [1.807, 2.05) is 0 Å². The molecule has 2 heteroatoms. The van der Waals surface area contributed by atoms with Crippen molar-refractivity contribution < 1.29 is 0 Å². The van der Waals surface area contributed by atoms with Gasteiger partial charge in [-0.2, -0.15) is 0 Å². The van der Waals surface area contributed by atoms with Crippen LogP contribution in [0.15, 0.2) is 0 Å². The molecule has 100 valence electrons. The van der Waals surface area contributed by atoms with Crippen LogP contribution in [0.25, 0.3) is 0 Å². The van der Waals surface area contributed by atoms with E-state index < -0.39 is 0 Å². The lowest BCUT2D eigenvalue weighted by atomic mass is 9.90. The van der Waals surface area contributed by atoms with Crippen molar-refractivity contribution in [3.63, 3.8) is 0 Å². The highest BCUT2D eigenvalue weighted by molar-refractivity contribution is 4.84. The maximum atomic E-state index is 6.09. The van der Waals surface area contributed by atoms with Crippen LogP contribution in [0.4, 0.5) is 0 Å². The van der Waals surface area contributed by atoms with Gasteiger partial charge < -0.3 is 10.6 Å². The van der Waals surface area contributed by atoms with Gasteiger partial charge in [-0.15, -0.1) is 0 Å². The standard InChI is InChI=1S/C15H30N2/c1-12-5-3-7-15(9-8-12)17-10-4-6-14(11-17)13(2)16/h12-15H,3-11,16H2,1-2H3. The topological polar surface area (TPSA) is 29.3 Å². The zero-order chi connectivity index (χ0) is 12.3. The lowest BCUT2D eigenvalue weighted by Gasteiger charge is -2.39. The summed E-state index contributed by atoms with van der Waals surface area (Å²) >= 11 is 0. The number of piperidine rings is 1. The summed E-state index contributed by atoms with van der Waals surface area (Å²) in [6.45, 7) is 7.19. The van der Waals surface area contributed by atoms with Crippen LogP contribution in [-0.4, -0.2) is 30.1 Å². The number of hydrogen-bond donors (Lipinski definition) is 1. The second kappa shape index (κ2) is 6.19. The predicted octanol–water partition coefficient (Wildman–Crippen LogP) is 3.01. The van der Waals surface area contributed by atoms with Gasteiger partial charge in [0.2, 0.25) is 0 Å². The Balaban J connectivity index is 1.87. The minimum absolute atomic E-state index is 0.377. The molecule has 1 saturated carbocycles. The van der Waals surface area contributed by atoms with Crippen molar-refractivity contribution in [2.24, 2.45) is 17.6 Å². The third-order valence-electron chi connectivity index (χ3n) is 4.98. The zero-order valence-electron chi connectivity index (χ0n) is 11.7. The van der Waals surface area contributed by atoms with Gasteiger partial charge in [-0.25, -0.2) is 0 Å². The molecule has 0 radical (unpaired) electrons. The Morgan fingerprint density at radius 3 is 2.65 bits per heavy atom. The fourth-order valence-corrected chi connectivity index (χ4v) is 3.63. The number of nitrogens with zero attached hydrogens (tertiary/aromatic N) is 1. The van der Waals surface area contributed by atoms with Crippen molar-refractivity contribution in [2.45, 2.75) is 70.9 Å². The molecule has 0 aromatic heterocycles. The zero-order valence-corrected chi connectivity index (χ0v) is 11.7. The van der Waals surface area contributed by atoms with E-state index in [1.54, 1.807) is 0 Å². The first-order valence-corrected chi connectivity index (χ1v) is 7.66. The summed E-state index contributed by atoms with van der Waals surface area (Å²) in [5.74, 6) is 1.69. The second-order valence-corrected chi connectivity index (χ2v) is 6.52. The van der Waals surface area contributed by atoms with Crippen molar-refractivity contribution in [1.82, 2.24) is 4.90 Å². The van der Waals surface area contributed by atoms with E-state index in [4.69, 9.17) is 5.73 Å². The molecule has 17 heavy (non-hydrogen) atoms. The highest BCUT2D eigenvalue weighted by Gasteiger charge is 2.28. The molecule has 2 fully saturated rings. The number of nitrogens with two attached hydrogens (primary N) is 1. The Morgan fingerprint density at radius 2 is 1.88 bits per heavy atom. The van der Waals surface area contributed by atoms with Gasteiger partial charge >= 0.3 is 0 Å². The van der Waals surface area contributed by atoms with Crippen LogP contribution in [0.5, 0.6) is 0 Å². The molecule has 1 aliphatic heterocycles. The molecular weight excluding hydrogens is 208 g/mol. The van der Waals surface area contributed by atoms with Crippen LogP contribution in [0.3, 0.4) is 0 Å². The van der Waals surface area contributed by atoms with Gasteiger partial charge in [0.05, 0.1) is 0 Å². The number of likely N-dealkylation sites (tertiary alicyclic amines) is 1. The van der Waals surface area contributed by atoms with Crippen LogP contribution < -0.4 is 5.73 Å². The van der Waals surface area contributed by atoms with Gasteiger partial charge in [0.25, 0.3) is 0 Å². The molecule has 1 aliphatic carbocycles. The first kappa shape index (κ1) is 13.4. The van der Waals surface area contributed by atoms with Crippen LogP contribution in [0.2, 0.25) is 0 Å². The molecule has 0 amide bonds. The smallest absolute Gasteiger partial charge is 0.00954 e. The van der Waals surface area contributed by atoms with E-state index in [-0.39, 0.29) is 0 Å².